The summed E-state index contributed by atoms with van der Waals surface area (Å²) < 4.78 is 2.47. The number of fused-ring (bicyclic) bond motifs is 10. The third-order valence-corrected chi connectivity index (χ3v) is 14.8. The SMILES string of the molecule is CC1(C)c2ccccc2-c2cccc(N(c3ccccc3)c3ccc4cc5c6ccc(N(c7ccccc7)c7cccc8c7C(C)(C)c7ccccc7-8)cc6n(-c6ccccc6)c5cc4c3)c21. The highest BCUT2D eigenvalue weighted by Gasteiger charge is 2.40. The summed E-state index contributed by atoms with van der Waals surface area (Å²) in [7, 11) is 0. The molecule has 10 aromatic carbocycles. The molecule has 0 saturated carbocycles. The third kappa shape index (κ3) is 5.84. The predicted octanol–water partition coefficient (Wildman–Crippen LogP) is 17.5. The smallest absolute Gasteiger partial charge is 0.0561 e. The van der Waals surface area contributed by atoms with E-state index in [1.807, 2.05) is 0 Å². The average Bonchev–Trinajstić information content (AvgIpc) is 3.91. The van der Waals surface area contributed by atoms with Crippen LogP contribution in [0.3, 0.4) is 0 Å². The van der Waals surface area contributed by atoms with Crippen molar-refractivity contribution in [2.24, 2.45) is 0 Å². The average molecular weight is 860 g/mol. The van der Waals surface area contributed by atoms with E-state index in [1.165, 1.54) is 82.9 Å². The van der Waals surface area contributed by atoms with Gasteiger partial charge < -0.3 is 14.4 Å². The maximum absolute atomic E-state index is 2.47. The Kier molecular flexibility index (Phi) is 8.60. The zero-order chi connectivity index (χ0) is 45.0. The zero-order valence-electron chi connectivity index (χ0n) is 38.2. The molecule has 0 fully saturated rings. The number of hydrogen-bond donors (Lipinski definition) is 0. The van der Waals surface area contributed by atoms with Gasteiger partial charge in [0.15, 0.2) is 0 Å². The number of anilines is 6. The van der Waals surface area contributed by atoms with Gasteiger partial charge in [-0.25, -0.2) is 0 Å². The summed E-state index contributed by atoms with van der Waals surface area (Å²) in [5.74, 6) is 0. The fraction of sp³-hybridized carbons (Fsp3) is 0.0938. The minimum atomic E-state index is -0.185. The second kappa shape index (κ2) is 14.7. The van der Waals surface area contributed by atoms with Gasteiger partial charge in [-0.15, -0.1) is 0 Å². The lowest BCUT2D eigenvalue weighted by atomic mass is 9.81. The van der Waals surface area contributed by atoms with E-state index in [1.54, 1.807) is 0 Å². The Morgan fingerprint density at radius 3 is 1.36 bits per heavy atom. The predicted molar refractivity (Wildman–Crippen MR) is 283 cm³/mol. The van der Waals surface area contributed by atoms with Crippen LogP contribution < -0.4 is 9.80 Å². The van der Waals surface area contributed by atoms with Crippen LogP contribution in [0.15, 0.2) is 224 Å². The van der Waals surface area contributed by atoms with E-state index in [2.05, 4.69) is 267 Å². The minimum Gasteiger partial charge on any atom is -0.310 e. The first-order valence-electron chi connectivity index (χ1n) is 23.5. The molecule has 1 heterocycles. The fourth-order valence-electron chi connectivity index (χ4n) is 11.9. The van der Waals surface area contributed by atoms with Gasteiger partial charge >= 0.3 is 0 Å². The van der Waals surface area contributed by atoms with Crippen LogP contribution in [-0.2, 0) is 10.8 Å². The molecule has 0 unspecified atom stereocenters. The largest absolute Gasteiger partial charge is 0.310 e. The first-order chi connectivity index (χ1) is 32.8. The molecule has 3 heteroatoms. The summed E-state index contributed by atoms with van der Waals surface area (Å²) in [6.07, 6.45) is 0. The summed E-state index contributed by atoms with van der Waals surface area (Å²) in [6, 6.07) is 83.0. The van der Waals surface area contributed by atoms with Gasteiger partial charge in [0, 0.05) is 50.0 Å². The van der Waals surface area contributed by atoms with Crippen LogP contribution in [-0.4, -0.2) is 4.57 Å². The first-order valence-corrected chi connectivity index (χ1v) is 23.5. The Balaban J connectivity index is 1.02. The lowest BCUT2D eigenvalue weighted by Crippen LogP contribution is -2.20. The number of hydrogen-bond acceptors (Lipinski definition) is 2. The van der Waals surface area contributed by atoms with Gasteiger partial charge in [0.25, 0.3) is 0 Å². The maximum atomic E-state index is 2.47. The van der Waals surface area contributed by atoms with Crippen LogP contribution >= 0.6 is 0 Å². The van der Waals surface area contributed by atoms with Gasteiger partial charge in [-0.1, -0.05) is 167 Å². The van der Waals surface area contributed by atoms with Crippen molar-refractivity contribution in [3.8, 4) is 27.9 Å². The van der Waals surface area contributed by atoms with E-state index in [9.17, 15) is 0 Å². The van der Waals surface area contributed by atoms with Crippen LogP contribution in [0.4, 0.5) is 34.1 Å². The van der Waals surface area contributed by atoms with E-state index in [4.69, 9.17) is 0 Å². The van der Waals surface area contributed by atoms with Crippen molar-refractivity contribution in [3.63, 3.8) is 0 Å². The second-order valence-electron chi connectivity index (χ2n) is 19.4. The van der Waals surface area contributed by atoms with Crippen LogP contribution in [0.1, 0.15) is 49.9 Å². The van der Waals surface area contributed by atoms with Crippen molar-refractivity contribution < 1.29 is 0 Å². The summed E-state index contributed by atoms with van der Waals surface area (Å²) in [5.41, 5.74) is 20.7. The van der Waals surface area contributed by atoms with Crippen molar-refractivity contribution in [3.05, 3.63) is 247 Å². The Bertz CT molecular complexity index is 3750. The quantitative estimate of drug-likeness (QED) is 0.158. The van der Waals surface area contributed by atoms with Gasteiger partial charge in [0.1, 0.15) is 0 Å². The number of aromatic nitrogens is 1. The molecule has 0 aliphatic heterocycles. The van der Waals surface area contributed by atoms with Crippen LogP contribution in [0, 0.1) is 0 Å². The summed E-state index contributed by atoms with van der Waals surface area (Å²) in [5, 5.41) is 4.85. The molecule has 13 rings (SSSR count). The van der Waals surface area contributed by atoms with E-state index >= 15 is 0 Å². The van der Waals surface area contributed by atoms with E-state index in [-0.39, 0.29) is 10.8 Å². The molecule has 0 radical (unpaired) electrons. The van der Waals surface area contributed by atoms with E-state index < -0.39 is 0 Å². The maximum Gasteiger partial charge on any atom is 0.0561 e. The highest BCUT2D eigenvalue weighted by atomic mass is 15.2. The number of benzene rings is 10. The van der Waals surface area contributed by atoms with Crippen molar-refractivity contribution in [1.29, 1.82) is 0 Å². The fourth-order valence-corrected chi connectivity index (χ4v) is 11.9. The standard InChI is InChI=1S/C64H49N3/c1-63(2)55-30-16-14-26-49(55)52-28-18-32-57(61(52)63)65(44-20-8-5-9-21-44)47-35-34-42-39-54-51-37-36-48(41-60(51)67(46-24-12-7-13-25-46)59(54)40-43(42)38-47)66(45-22-10-6-11-23-45)58-33-19-29-53-50-27-15-17-31-56(50)64(3,4)62(53)58/h5-41H,1-4H3. The molecule has 3 nitrogen and oxygen atoms in total. The minimum absolute atomic E-state index is 0.175. The van der Waals surface area contributed by atoms with Gasteiger partial charge in [-0.2, -0.15) is 0 Å². The third-order valence-electron chi connectivity index (χ3n) is 14.8. The normalized spacial score (nSPS) is 13.9. The first kappa shape index (κ1) is 39.2. The number of nitrogens with zero attached hydrogens (tertiary/aromatic N) is 3. The molecule has 2 aliphatic carbocycles. The van der Waals surface area contributed by atoms with E-state index in [0.717, 1.165) is 34.0 Å². The molecular weight excluding hydrogens is 811 g/mol. The van der Waals surface area contributed by atoms with Gasteiger partial charge in [0.2, 0.25) is 0 Å². The molecule has 67 heavy (non-hydrogen) atoms. The lowest BCUT2D eigenvalue weighted by molar-refractivity contribution is 0.660. The highest BCUT2D eigenvalue weighted by Crippen LogP contribution is 2.56. The van der Waals surface area contributed by atoms with Crippen molar-refractivity contribution in [2.75, 3.05) is 9.80 Å². The van der Waals surface area contributed by atoms with Crippen molar-refractivity contribution in [1.82, 2.24) is 4.57 Å². The molecule has 0 bridgehead atoms. The number of para-hydroxylation sites is 3. The summed E-state index contributed by atoms with van der Waals surface area (Å²) in [4.78, 5) is 4.94. The molecule has 11 aromatic rings. The molecule has 0 atom stereocenters. The highest BCUT2D eigenvalue weighted by molar-refractivity contribution is 6.15. The molecule has 0 spiro atoms. The summed E-state index contributed by atoms with van der Waals surface area (Å²) in [6.45, 7) is 9.51. The monoisotopic (exact) mass is 859 g/mol. The Labute approximate surface area is 392 Å². The molecule has 2 aliphatic rings. The molecule has 0 saturated heterocycles. The van der Waals surface area contributed by atoms with E-state index in [0.29, 0.717) is 0 Å². The lowest BCUT2D eigenvalue weighted by Gasteiger charge is -2.32. The molecule has 320 valence electrons. The van der Waals surface area contributed by atoms with Gasteiger partial charge in [0.05, 0.1) is 22.4 Å². The Morgan fingerprint density at radius 1 is 0.328 bits per heavy atom. The van der Waals surface area contributed by atoms with Crippen molar-refractivity contribution in [2.45, 2.75) is 38.5 Å². The van der Waals surface area contributed by atoms with Gasteiger partial charge in [-0.05, 0) is 140 Å². The molecule has 0 N–H and O–H groups in total. The van der Waals surface area contributed by atoms with Crippen LogP contribution in [0.25, 0.3) is 60.5 Å². The molecular formula is C64H49N3. The molecule has 1 aromatic heterocycles. The Morgan fingerprint density at radius 2 is 0.791 bits per heavy atom. The van der Waals surface area contributed by atoms with Crippen LogP contribution in [0.2, 0.25) is 0 Å². The summed E-state index contributed by atoms with van der Waals surface area (Å²) >= 11 is 0. The number of rotatable bonds is 7. The van der Waals surface area contributed by atoms with Crippen LogP contribution in [0.5, 0.6) is 0 Å². The Hall–Kier alpha value is -8.14. The van der Waals surface area contributed by atoms with Gasteiger partial charge in [-0.3, -0.25) is 0 Å². The molecule has 0 amide bonds. The zero-order valence-corrected chi connectivity index (χ0v) is 38.2. The second-order valence-corrected chi connectivity index (χ2v) is 19.4. The topological polar surface area (TPSA) is 11.4 Å². The van der Waals surface area contributed by atoms with Crippen molar-refractivity contribution >= 4 is 66.7 Å².